The van der Waals surface area contributed by atoms with Crippen LogP contribution in [0.1, 0.15) is 20.8 Å². The van der Waals surface area contributed by atoms with Gasteiger partial charge in [0.25, 0.3) is 0 Å². The van der Waals surface area contributed by atoms with Crippen molar-refractivity contribution in [2.24, 2.45) is 11.8 Å². The highest BCUT2D eigenvalue weighted by molar-refractivity contribution is 5.65. The van der Waals surface area contributed by atoms with Gasteiger partial charge in [0.05, 0.1) is 18.8 Å². The highest BCUT2D eigenvalue weighted by Gasteiger charge is 2.51. The summed E-state index contributed by atoms with van der Waals surface area (Å²) >= 11 is 0. The molecule has 1 fully saturated rings. The molecular weight excluding hydrogens is 208 g/mol. The summed E-state index contributed by atoms with van der Waals surface area (Å²) in [4.78, 5) is 10.8. The van der Waals surface area contributed by atoms with Gasteiger partial charge >= 0.3 is 5.97 Å². The zero-order valence-corrected chi connectivity index (χ0v) is 9.90. The molecular formula is C12H18O4. The molecule has 4 heteroatoms. The maximum atomic E-state index is 10.8. The Bertz CT molecular complexity index is 334. The molecule has 2 rings (SSSR count). The smallest absolute Gasteiger partial charge is 0.302 e. The number of hydrogen-bond acceptors (Lipinski definition) is 4. The molecule has 16 heavy (non-hydrogen) atoms. The van der Waals surface area contributed by atoms with Crippen LogP contribution in [0.4, 0.5) is 0 Å². The first kappa shape index (κ1) is 11.6. The zero-order chi connectivity index (χ0) is 11.9. The van der Waals surface area contributed by atoms with Crippen LogP contribution in [-0.2, 0) is 14.3 Å². The van der Waals surface area contributed by atoms with Crippen LogP contribution < -0.4 is 0 Å². The Morgan fingerprint density at radius 1 is 1.31 bits per heavy atom. The van der Waals surface area contributed by atoms with E-state index in [0.717, 1.165) is 0 Å². The summed E-state index contributed by atoms with van der Waals surface area (Å²) in [6.07, 6.45) is 0.0251. The maximum absolute atomic E-state index is 10.8. The fourth-order valence-corrected chi connectivity index (χ4v) is 2.76. The second-order valence-corrected chi connectivity index (χ2v) is 4.66. The molecule has 0 aromatic heterocycles. The lowest BCUT2D eigenvalue weighted by atomic mass is 9.77. The highest BCUT2D eigenvalue weighted by atomic mass is 16.5. The van der Waals surface area contributed by atoms with Gasteiger partial charge in [-0.15, -0.1) is 0 Å². The SMILES string of the molecule is CC(=O)OCC1C(CO)[C@H]2O[C@@H]1C(C)=C2C. The van der Waals surface area contributed by atoms with Gasteiger partial charge in [0, 0.05) is 25.4 Å². The van der Waals surface area contributed by atoms with Crippen molar-refractivity contribution < 1.29 is 19.4 Å². The average molecular weight is 226 g/mol. The summed E-state index contributed by atoms with van der Waals surface area (Å²) in [5.41, 5.74) is 2.45. The number of hydrogen-bond donors (Lipinski definition) is 1. The van der Waals surface area contributed by atoms with Crippen LogP contribution in [0.25, 0.3) is 0 Å². The molecule has 90 valence electrons. The largest absolute Gasteiger partial charge is 0.465 e. The fourth-order valence-electron chi connectivity index (χ4n) is 2.76. The van der Waals surface area contributed by atoms with Crippen LogP contribution in [0.3, 0.4) is 0 Å². The minimum atomic E-state index is -0.280. The normalized spacial score (nSPS) is 37.0. The fraction of sp³-hybridized carbons (Fsp3) is 0.750. The molecule has 0 aromatic rings. The second kappa shape index (κ2) is 4.18. The van der Waals surface area contributed by atoms with Crippen LogP contribution >= 0.6 is 0 Å². The third-order valence-corrected chi connectivity index (χ3v) is 3.79. The lowest BCUT2D eigenvalue weighted by Gasteiger charge is -2.27. The van der Waals surface area contributed by atoms with E-state index < -0.39 is 0 Å². The monoisotopic (exact) mass is 226 g/mol. The van der Waals surface area contributed by atoms with Gasteiger partial charge in [0.2, 0.25) is 0 Å². The summed E-state index contributed by atoms with van der Waals surface area (Å²) in [5.74, 6) is -0.117. The molecule has 2 heterocycles. The van der Waals surface area contributed by atoms with Gasteiger partial charge in [-0.1, -0.05) is 0 Å². The van der Waals surface area contributed by atoms with E-state index in [0.29, 0.717) is 6.61 Å². The van der Waals surface area contributed by atoms with Gasteiger partial charge in [-0.25, -0.2) is 0 Å². The topological polar surface area (TPSA) is 55.8 Å². The first-order valence-corrected chi connectivity index (χ1v) is 5.63. The summed E-state index contributed by atoms with van der Waals surface area (Å²) in [7, 11) is 0. The summed E-state index contributed by atoms with van der Waals surface area (Å²) < 4.78 is 10.9. The van der Waals surface area contributed by atoms with E-state index in [2.05, 4.69) is 0 Å². The van der Waals surface area contributed by atoms with E-state index in [1.807, 2.05) is 13.8 Å². The van der Waals surface area contributed by atoms with Crippen molar-refractivity contribution in [1.82, 2.24) is 0 Å². The molecule has 1 saturated heterocycles. The van der Waals surface area contributed by atoms with Crippen LogP contribution in [0.5, 0.6) is 0 Å². The Morgan fingerprint density at radius 3 is 2.38 bits per heavy atom. The molecule has 0 amide bonds. The Morgan fingerprint density at radius 2 is 1.88 bits per heavy atom. The molecule has 2 unspecified atom stereocenters. The summed E-state index contributed by atoms with van der Waals surface area (Å²) in [6, 6.07) is 0. The van der Waals surface area contributed by atoms with Crippen molar-refractivity contribution in [1.29, 1.82) is 0 Å². The van der Waals surface area contributed by atoms with Gasteiger partial charge in [0.15, 0.2) is 0 Å². The number of carbonyl (C=O) groups excluding carboxylic acids is 1. The molecule has 2 aliphatic heterocycles. The van der Waals surface area contributed by atoms with Crippen LogP contribution in [0.15, 0.2) is 11.1 Å². The van der Waals surface area contributed by atoms with E-state index in [1.165, 1.54) is 18.1 Å². The van der Waals surface area contributed by atoms with Crippen LogP contribution in [-0.4, -0.2) is 36.5 Å². The van der Waals surface area contributed by atoms with Crippen molar-refractivity contribution in [2.75, 3.05) is 13.2 Å². The van der Waals surface area contributed by atoms with E-state index in [1.54, 1.807) is 0 Å². The Kier molecular flexibility index (Phi) is 3.04. The predicted molar refractivity (Wildman–Crippen MR) is 57.7 cm³/mol. The number of esters is 1. The van der Waals surface area contributed by atoms with Crippen molar-refractivity contribution in [3.63, 3.8) is 0 Å². The molecule has 0 aromatic carbocycles. The number of rotatable bonds is 3. The zero-order valence-electron chi connectivity index (χ0n) is 9.90. The molecule has 0 radical (unpaired) electrons. The van der Waals surface area contributed by atoms with Crippen LogP contribution in [0.2, 0.25) is 0 Å². The van der Waals surface area contributed by atoms with Gasteiger partial charge in [0.1, 0.15) is 0 Å². The van der Waals surface area contributed by atoms with Crippen molar-refractivity contribution in [3.8, 4) is 0 Å². The summed E-state index contributed by atoms with van der Waals surface area (Å²) in [5, 5.41) is 9.38. The number of aliphatic hydroxyl groups is 1. The predicted octanol–water partition coefficient (Wildman–Crippen LogP) is 0.892. The first-order valence-electron chi connectivity index (χ1n) is 5.63. The molecule has 1 N–H and O–H groups in total. The second-order valence-electron chi connectivity index (χ2n) is 4.66. The van der Waals surface area contributed by atoms with Crippen molar-refractivity contribution >= 4 is 5.97 Å². The molecule has 0 aliphatic carbocycles. The molecule has 4 nitrogen and oxygen atoms in total. The van der Waals surface area contributed by atoms with Gasteiger partial charge in [-0.05, 0) is 25.0 Å². The van der Waals surface area contributed by atoms with Gasteiger partial charge < -0.3 is 14.6 Å². The minimum Gasteiger partial charge on any atom is -0.465 e. The minimum absolute atomic E-state index is 0.00978. The lowest BCUT2D eigenvalue weighted by molar-refractivity contribution is -0.143. The average Bonchev–Trinajstić information content (AvgIpc) is 2.73. The standard InChI is InChI=1S/C12H18O4/c1-6-7(2)12-10(5-15-8(3)14)9(4-13)11(6)16-12/h9-13H,4-5H2,1-3H3/t9?,10?,11-,12+/m0/s1. The Balaban J connectivity index is 2.11. The highest BCUT2D eigenvalue weighted by Crippen LogP contribution is 2.46. The maximum Gasteiger partial charge on any atom is 0.302 e. The van der Waals surface area contributed by atoms with Gasteiger partial charge in [-0.3, -0.25) is 4.79 Å². The van der Waals surface area contributed by atoms with Crippen LogP contribution in [0, 0.1) is 11.8 Å². The van der Waals surface area contributed by atoms with E-state index in [4.69, 9.17) is 9.47 Å². The van der Waals surface area contributed by atoms with Crippen molar-refractivity contribution in [2.45, 2.75) is 33.0 Å². The number of aliphatic hydroxyl groups excluding tert-OH is 1. The van der Waals surface area contributed by atoms with E-state index in [9.17, 15) is 9.90 Å². The Labute approximate surface area is 95.2 Å². The van der Waals surface area contributed by atoms with Crippen molar-refractivity contribution in [3.05, 3.63) is 11.1 Å². The molecule has 2 bridgehead atoms. The molecule has 0 spiro atoms. The van der Waals surface area contributed by atoms with E-state index >= 15 is 0 Å². The molecule has 4 atom stereocenters. The Hall–Kier alpha value is -0.870. The van der Waals surface area contributed by atoms with Gasteiger partial charge in [-0.2, -0.15) is 0 Å². The summed E-state index contributed by atoms with van der Waals surface area (Å²) in [6.45, 7) is 5.92. The third kappa shape index (κ3) is 1.66. The lowest BCUT2D eigenvalue weighted by Crippen LogP contribution is -2.34. The first-order chi connectivity index (χ1) is 7.56. The number of carbonyl (C=O) groups is 1. The number of ether oxygens (including phenoxy) is 2. The molecule has 0 saturated carbocycles. The molecule has 2 aliphatic rings. The quantitative estimate of drug-likeness (QED) is 0.573. The number of fused-ring (bicyclic) bond motifs is 2. The van der Waals surface area contributed by atoms with E-state index in [-0.39, 0.29) is 36.6 Å². The third-order valence-electron chi connectivity index (χ3n) is 3.79.